The third-order valence-electron chi connectivity index (χ3n) is 2.67. The van der Waals surface area contributed by atoms with E-state index in [0.29, 0.717) is 12.5 Å². The first-order valence-electron chi connectivity index (χ1n) is 5.73. The van der Waals surface area contributed by atoms with Gasteiger partial charge in [0.2, 0.25) is 0 Å². The fourth-order valence-electron chi connectivity index (χ4n) is 1.44. The zero-order chi connectivity index (χ0) is 12.8. The molecule has 0 saturated carbocycles. The standard InChI is InChI=1S/C12H25NO2S/c1-6-12(4,10-13-11(2)3)8-7-9-16(5,14)15/h6,11,13H,1,7-10H2,2-5H3. The molecule has 0 rings (SSSR count). The van der Waals surface area contributed by atoms with E-state index in [4.69, 9.17) is 0 Å². The van der Waals surface area contributed by atoms with E-state index < -0.39 is 9.84 Å². The highest BCUT2D eigenvalue weighted by atomic mass is 32.2. The fourth-order valence-corrected chi connectivity index (χ4v) is 2.11. The molecule has 0 fully saturated rings. The Labute approximate surface area is 100 Å². The van der Waals surface area contributed by atoms with Gasteiger partial charge in [-0.3, -0.25) is 0 Å². The van der Waals surface area contributed by atoms with Crippen LogP contribution in [0.2, 0.25) is 0 Å². The van der Waals surface area contributed by atoms with Gasteiger partial charge in [0.05, 0.1) is 0 Å². The van der Waals surface area contributed by atoms with Crippen molar-refractivity contribution in [2.45, 2.75) is 39.7 Å². The summed E-state index contributed by atoms with van der Waals surface area (Å²) in [7, 11) is -2.84. The van der Waals surface area contributed by atoms with E-state index in [1.165, 1.54) is 6.26 Å². The largest absolute Gasteiger partial charge is 0.314 e. The number of sulfone groups is 1. The Kier molecular flexibility index (Phi) is 6.26. The van der Waals surface area contributed by atoms with Crippen molar-refractivity contribution in [3.05, 3.63) is 12.7 Å². The Hall–Kier alpha value is -0.350. The van der Waals surface area contributed by atoms with Crippen LogP contribution in [0.3, 0.4) is 0 Å². The summed E-state index contributed by atoms with van der Waals surface area (Å²) >= 11 is 0. The highest BCUT2D eigenvalue weighted by Crippen LogP contribution is 2.24. The number of nitrogens with one attached hydrogen (secondary N) is 1. The van der Waals surface area contributed by atoms with Gasteiger partial charge in [0, 0.05) is 24.6 Å². The molecule has 3 nitrogen and oxygen atoms in total. The van der Waals surface area contributed by atoms with Gasteiger partial charge >= 0.3 is 0 Å². The molecule has 16 heavy (non-hydrogen) atoms. The lowest BCUT2D eigenvalue weighted by molar-refractivity contribution is 0.347. The van der Waals surface area contributed by atoms with Crippen LogP contribution in [0, 0.1) is 5.41 Å². The minimum Gasteiger partial charge on any atom is -0.314 e. The molecule has 0 heterocycles. The number of hydrogen-bond acceptors (Lipinski definition) is 3. The van der Waals surface area contributed by atoms with Crippen LogP contribution >= 0.6 is 0 Å². The van der Waals surface area contributed by atoms with Crippen molar-refractivity contribution >= 4 is 9.84 Å². The van der Waals surface area contributed by atoms with E-state index in [9.17, 15) is 8.42 Å². The summed E-state index contributed by atoms with van der Waals surface area (Å²) in [6, 6.07) is 0.439. The molecule has 0 aromatic heterocycles. The Morgan fingerprint density at radius 2 is 2.00 bits per heavy atom. The Bertz CT molecular complexity index is 309. The second-order valence-corrected chi connectivity index (χ2v) is 7.39. The molecule has 1 N–H and O–H groups in total. The molecule has 0 aliphatic carbocycles. The normalized spacial score (nSPS) is 16.1. The second-order valence-electron chi connectivity index (χ2n) is 5.13. The first-order valence-corrected chi connectivity index (χ1v) is 7.79. The summed E-state index contributed by atoms with van der Waals surface area (Å²) in [5.41, 5.74) is -0.0189. The topological polar surface area (TPSA) is 46.2 Å². The minimum absolute atomic E-state index is 0.0189. The van der Waals surface area contributed by atoms with Crippen molar-refractivity contribution in [3.8, 4) is 0 Å². The lowest BCUT2D eigenvalue weighted by Gasteiger charge is -2.27. The second kappa shape index (κ2) is 6.40. The van der Waals surface area contributed by atoms with E-state index in [1.54, 1.807) is 0 Å². The summed E-state index contributed by atoms with van der Waals surface area (Å²) in [6.45, 7) is 11.0. The first-order chi connectivity index (χ1) is 7.18. The highest BCUT2D eigenvalue weighted by molar-refractivity contribution is 7.90. The summed E-state index contributed by atoms with van der Waals surface area (Å²) in [4.78, 5) is 0. The summed E-state index contributed by atoms with van der Waals surface area (Å²) < 4.78 is 22.1. The van der Waals surface area contributed by atoms with E-state index in [0.717, 1.165) is 13.0 Å². The van der Waals surface area contributed by atoms with Gasteiger partial charge in [-0.2, -0.15) is 0 Å². The molecule has 0 spiro atoms. The number of rotatable bonds is 8. The number of hydrogen-bond donors (Lipinski definition) is 1. The smallest absolute Gasteiger partial charge is 0.147 e. The Balaban J connectivity index is 4.11. The molecule has 0 aliphatic heterocycles. The molecule has 96 valence electrons. The Morgan fingerprint density at radius 3 is 2.38 bits per heavy atom. The molecule has 0 aromatic carbocycles. The van der Waals surface area contributed by atoms with Crippen molar-refractivity contribution in [1.29, 1.82) is 0 Å². The average Bonchev–Trinajstić information content (AvgIpc) is 2.13. The van der Waals surface area contributed by atoms with E-state index in [2.05, 4.69) is 32.7 Å². The molecule has 1 atom stereocenters. The Morgan fingerprint density at radius 1 is 1.44 bits per heavy atom. The molecule has 0 radical (unpaired) electrons. The van der Waals surface area contributed by atoms with Crippen LogP contribution in [0.5, 0.6) is 0 Å². The lowest BCUT2D eigenvalue weighted by Crippen LogP contribution is -2.34. The fraction of sp³-hybridized carbons (Fsp3) is 0.833. The van der Waals surface area contributed by atoms with Crippen LogP contribution < -0.4 is 5.32 Å². The highest BCUT2D eigenvalue weighted by Gasteiger charge is 2.20. The van der Waals surface area contributed by atoms with Crippen LogP contribution in [-0.2, 0) is 9.84 Å². The third-order valence-corrected chi connectivity index (χ3v) is 3.70. The summed E-state index contributed by atoms with van der Waals surface area (Å²) in [6.07, 6.45) is 4.75. The van der Waals surface area contributed by atoms with Crippen LogP contribution in [0.25, 0.3) is 0 Å². The van der Waals surface area contributed by atoms with Gasteiger partial charge in [0.25, 0.3) is 0 Å². The maximum absolute atomic E-state index is 11.0. The minimum atomic E-state index is -2.84. The lowest BCUT2D eigenvalue weighted by atomic mass is 9.85. The van der Waals surface area contributed by atoms with Crippen molar-refractivity contribution in [2.24, 2.45) is 5.41 Å². The van der Waals surface area contributed by atoms with Gasteiger partial charge in [0.1, 0.15) is 9.84 Å². The summed E-state index contributed by atoms with van der Waals surface area (Å²) in [5, 5.41) is 3.36. The van der Waals surface area contributed by atoms with Crippen LogP contribution in [-0.4, -0.2) is 33.0 Å². The predicted molar refractivity (Wildman–Crippen MR) is 70.4 cm³/mol. The van der Waals surface area contributed by atoms with Gasteiger partial charge in [-0.1, -0.05) is 26.8 Å². The van der Waals surface area contributed by atoms with Crippen molar-refractivity contribution < 1.29 is 8.42 Å². The average molecular weight is 247 g/mol. The van der Waals surface area contributed by atoms with Crippen molar-refractivity contribution in [2.75, 3.05) is 18.6 Å². The molecular weight excluding hydrogens is 222 g/mol. The zero-order valence-corrected chi connectivity index (χ0v) is 11.7. The molecule has 1 unspecified atom stereocenters. The predicted octanol–water partition coefficient (Wildman–Crippen LogP) is 2.00. The van der Waals surface area contributed by atoms with Crippen LogP contribution in [0.4, 0.5) is 0 Å². The monoisotopic (exact) mass is 247 g/mol. The van der Waals surface area contributed by atoms with Crippen LogP contribution in [0.1, 0.15) is 33.6 Å². The zero-order valence-electron chi connectivity index (χ0n) is 10.9. The third kappa shape index (κ3) is 7.88. The van der Waals surface area contributed by atoms with Gasteiger partial charge in [-0.15, -0.1) is 6.58 Å². The van der Waals surface area contributed by atoms with Crippen molar-refractivity contribution in [1.82, 2.24) is 5.32 Å². The van der Waals surface area contributed by atoms with Crippen LogP contribution in [0.15, 0.2) is 12.7 Å². The first kappa shape index (κ1) is 15.7. The maximum Gasteiger partial charge on any atom is 0.147 e. The maximum atomic E-state index is 11.0. The van der Waals surface area contributed by atoms with Gasteiger partial charge < -0.3 is 5.32 Å². The van der Waals surface area contributed by atoms with E-state index in [1.807, 2.05) is 6.08 Å². The van der Waals surface area contributed by atoms with Gasteiger partial charge in [-0.25, -0.2) is 8.42 Å². The molecule has 4 heteroatoms. The van der Waals surface area contributed by atoms with E-state index in [-0.39, 0.29) is 11.2 Å². The molecule has 0 bridgehead atoms. The molecule has 0 saturated heterocycles. The van der Waals surface area contributed by atoms with Gasteiger partial charge in [0.15, 0.2) is 0 Å². The summed E-state index contributed by atoms with van der Waals surface area (Å²) in [5.74, 6) is 0.262. The van der Waals surface area contributed by atoms with Crippen molar-refractivity contribution in [3.63, 3.8) is 0 Å². The quantitative estimate of drug-likeness (QED) is 0.667. The molecule has 0 amide bonds. The molecule has 0 aliphatic rings. The SMILES string of the molecule is C=CC(C)(CCCS(C)(=O)=O)CNC(C)C. The molecular formula is C12H25NO2S. The van der Waals surface area contributed by atoms with E-state index >= 15 is 0 Å². The van der Waals surface area contributed by atoms with Gasteiger partial charge in [-0.05, 0) is 18.3 Å². The molecule has 0 aromatic rings.